The molecule has 0 unspecified atom stereocenters. The molecular formula is C47H63LiN6O11. The molecule has 0 spiro atoms. The smallest absolute Gasteiger partial charge is 0.870 e. The quantitative estimate of drug-likeness (QED) is 0.101. The van der Waals surface area contributed by atoms with E-state index in [0.717, 1.165) is 25.7 Å². The van der Waals surface area contributed by atoms with Gasteiger partial charge >= 0.3 is 37.0 Å². The molecule has 0 fully saturated rings. The van der Waals surface area contributed by atoms with Crippen molar-refractivity contribution in [3.05, 3.63) is 69.8 Å². The number of amidine groups is 2. The van der Waals surface area contributed by atoms with Crippen LogP contribution in [0.5, 0.6) is 0 Å². The summed E-state index contributed by atoms with van der Waals surface area (Å²) in [6.07, 6.45) is 5.79. The number of nitrogens with zero attached hydrogens (tertiary/aromatic N) is 4. The maximum absolute atomic E-state index is 13.3. The van der Waals surface area contributed by atoms with E-state index in [4.69, 9.17) is 9.47 Å². The first-order valence-corrected chi connectivity index (χ1v) is 21.3. The van der Waals surface area contributed by atoms with Gasteiger partial charge in [-0.25, -0.2) is 24.4 Å². The second-order valence-corrected chi connectivity index (χ2v) is 17.0. The molecule has 4 N–H and O–H groups in total. The molecule has 4 rings (SSSR count). The number of hydrogen-bond donors (Lipinski definition) is 3. The van der Waals surface area contributed by atoms with Crippen LogP contribution < -0.4 is 29.5 Å². The maximum Gasteiger partial charge on any atom is 1.00 e. The minimum absolute atomic E-state index is 0. The number of ether oxygens (including phenoxy) is 2. The van der Waals surface area contributed by atoms with Gasteiger partial charge in [0.05, 0.1) is 16.9 Å². The van der Waals surface area contributed by atoms with E-state index >= 15 is 0 Å². The van der Waals surface area contributed by atoms with Crippen LogP contribution in [0.2, 0.25) is 0 Å². The van der Waals surface area contributed by atoms with Crippen molar-refractivity contribution in [1.29, 1.82) is 0 Å². The van der Waals surface area contributed by atoms with Crippen molar-refractivity contribution in [2.24, 2.45) is 9.98 Å². The van der Waals surface area contributed by atoms with Gasteiger partial charge in [0.1, 0.15) is 22.9 Å². The van der Waals surface area contributed by atoms with Crippen LogP contribution in [-0.2, 0) is 23.9 Å². The summed E-state index contributed by atoms with van der Waals surface area (Å²) < 4.78 is 10.6. The number of carbonyl (C=O) groups excluding carboxylic acids is 6. The molecule has 2 heterocycles. The van der Waals surface area contributed by atoms with Crippen molar-refractivity contribution in [3.8, 4) is 0 Å². The summed E-state index contributed by atoms with van der Waals surface area (Å²) >= 11 is 0. The molecular weight excluding hydrogens is 831 g/mol. The molecule has 0 aromatic heterocycles. The topological polar surface area (TPSA) is 243 Å². The molecule has 0 radical (unpaired) electrons. The van der Waals surface area contributed by atoms with Crippen molar-refractivity contribution < 1.29 is 72.5 Å². The van der Waals surface area contributed by atoms with Gasteiger partial charge in [0, 0.05) is 66.9 Å². The van der Waals surface area contributed by atoms with Crippen molar-refractivity contribution in [2.45, 2.75) is 119 Å². The van der Waals surface area contributed by atoms with E-state index in [0.29, 0.717) is 59.8 Å². The van der Waals surface area contributed by atoms with E-state index < -0.39 is 35.1 Å². The van der Waals surface area contributed by atoms with Gasteiger partial charge in [-0.05, 0) is 97.6 Å². The van der Waals surface area contributed by atoms with Crippen LogP contribution in [0.15, 0.2) is 57.5 Å². The summed E-state index contributed by atoms with van der Waals surface area (Å²) in [7, 11) is 0. The van der Waals surface area contributed by atoms with E-state index in [2.05, 4.69) is 20.6 Å². The molecule has 348 valence electrons. The van der Waals surface area contributed by atoms with Crippen molar-refractivity contribution in [1.82, 2.24) is 20.4 Å². The Balaban J connectivity index is 0.000000631. The Morgan fingerprint density at radius 1 is 0.646 bits per heavy atom. The number of carboxylic acid groups (broad SMARTS) is 1. The molecule has 18 heteroatoms. The zero-order chi connectivity index (χ0) is 47.1. The number of nitrogens with one attached hydrogen (secondary N) is 2. The predicted molar refractivity (Wildman–Crippen MR) is 245 cm³/mol. The number of aliphatic imine (C=N–C) groups is 2. The molecule has 0 atom stereocenters. The standard InChI is InChI=1S/C24H31N3O5.C23H31N3O5.Li.H2O/c1-6-10-27(11-7-2)22(30)18-12-16-8-9-17(20(29)15-28)13-19(16)25-21(14-18)26-23(31)32-24(3,4)5;1-6-10-26(11-7-2)20(27)17-12-15-8-9-16(21(28)29)13-18(15)24-19(14-17)25-22(30)31-23(3,4)5;;/h8-9,12-13,15H,6-7,10-11,14H2,1-5H3,(H,25,26,31);8-9,12-13H,6-7,10-11,14H2,1-5H3,(H,28,29)(H,24,25,30);;1H2/q;;+1;/p-1. The number of rotatable bonds is 13. The van der Waals surface area contributed by atoms with Crippen LogP contribution in [0.4, 0.5) is 21.0 Å². The molecule has 2 aliphatic heterocycles. The number of aldehydes is 1. The van der Waals surface area contributed by atoms with E-state index in [-0.39, 0.29) is 78.1 Å². The largest absolute Gasteiger partial charge is 1.00 e. The summed E-state index contributed by atoms with van der Waals surface area (Å²) in [5.41, 5.74) is 1.76. The first-order chi connectivity index (χ1) is 29.6. The molecule has 65 heavy (non-hydrogen) atoms. The zero-order valence-corrected chi connectivity index (χ0v) is 39.6. The maximum atomic E-state index is 13.3. The Kier molecular flexibility index (Phi) is 23.0. The summed E-state index contributed by atoms with van der Waals surface area (Å²) in [4.78, 5) is 97.8. The Morgan fingerprint density at radius 3 is 1.32 bits per heavy atom. The van der Waals surface area contributed by atoms with Crippen molar-refractivity contribution in [2.75, 3.05) is 26.2 Å². The minimum Gasteiger partial charge on any atom is -0.870 e. The summed E-state index contributed by atoms with van der Waals surface area (Å²) in [6.45, 7) is 21.0. The van der Waals surface area contributed by atoms with Gasteiger partial charge < -0.3 is 29.9 Å². The number of carboxylic acids is 1. The van der Waals surface area contributed by atoms with Gasteiger partial charge in [0.15, 0.2) is 6.29 Å². The van der Waals surface area contributed by atoms with Crippen molar-refractivity contribution >= 4 is 77.2 Å². The van der Waals surface area contributed by atoms with Gasteiger partial charge in [-0.3, -0.25) is 29.8 Å². The average Bonchev–Trinajstić information content (AvgIpc) is 3.49. The van der Waals surface area contributed by atoms with Crippen LogP contribution in [0.1, 0.15) is 140 Å². The molecule has 2 aromatic rings. The first kappa shape index (κ1) is 57.1. The Morgan fingerprint density at radius 2 is 1.00 bits per heavy atom. The third-order valence-electron chi connectivity index (χ3n) is 8.97. The Labute approximate surface area is 393 Å². The van der Waals surface area contributed by atoms with Gasteiger partial charge in [-0.1, -0.05) is 45.9 Å². The molecule has 17 nitrogen and oxygen atoms in total. The molecule has 0 saturated heterocycles. The number of alkyl carbamates (subject to hydrolysis) is 2. The summed E-state index contributed by atoms with van der Waals surface area (Å²) in [5.74, 6) is -1.57. The third-order valence-corrected chi connectivity index (χ3v) is 8.97. The van der Waals surface area contributed by atoms with Gasteiger partial charge in [0.25, 0.3) is 0 Å². The van der Waals surface area contributed by atoms with Crippen LogP contribution in [0.3, 0.4) is 0 Å². The fourth-order valence-corrected chi connectivity index (χ4v) is 6.47. The number of Topliss-reactive ketones (excluding diaryl/α,β-unsaturated/α-hetero) is 1. The van der Waals surface area contributed by atoms with Crippen LogP contribution in [0.25, 0.3) is 12.2 Å². The predicted octanol–water partition coefficient (Wildman–Crippen LogP) is 5.26. The van der Waals surface area contributed by atoms with Crippen LogP contribution in [-0.4, -0.2) is 111 Å². The summed E-state index contributed by atoms with van der Waals surface area (Å²) in [6, 6.07) is 9.15. The van der Waals surface area contributed by atoms with Gasteiger partial charge in [0.2, 0.25) is 17.6 Å². The molecule has 2 aromatic carbocycles. The van der Waals surface area contributed by atoms with Crippen LogP contribution >= 0.6 is 0 Å². The molecule has 4 amide bonds. The summed E-state index contributed by atoms with van der Waals surface area (Å²) in [5, 5.41) is 14.6. The monoisotopic (exact) mass is 894 g/mol. The normalized spacial score (nSPS) is 12.8. The molecule has 2 aliphatic rings. The SMILES string of the molecule is CCCN(CCC)C(=O)C1=Cc2ccc(C(=O)C=O)cc2N=C(NC(=O)OC(C)(C)C)C1.CCCN(CCC)C(=O)C1=Cc2ccc(C(=O)O)cc2N=C(NC(=O)OC(C)(C)C)C1.[Li+].[OH-]. The molecule has 0 bridgehead atoms. The van der Waals surface area contributed by atoms with Gasteiger partial charge in [-0.15, -0.1) is 0 Å². The third kappa shape index (κ3) is 18.3. The van der Waals surface area contributed by atoms with Crippen LogP contribution in [0, 0.1) is 0 Å². The minimum atomic E-state index is -1.08. The van der Waals surface area contributed by atoms with E-state index in [9.17, 15) is 38.7 Å². The van der Waals surface area contributed by atoms with Crippen molar-refractivity contribution in [3.63, 3.8) is 0 Å². The second-order valence-electron chi connectivity index (χ2n) is 17.0. The number of aromatic carboxylic acids is 1. The van der Waals surface area contributed by atoms with Gasteiger partial charge in [-0.2, -0.15) is 0 Å². The van der Waals surface area contributed by atoms with E-state index in [1.807, 2.05) is 27.7 Å². The number of ketones is 1. The second kappa shape index (κ2) is 26.2. The number of carbonyl (C=O) groups is 7. The molecule has 0 aliphatic carbocycles. The van der Waals surface area contributed by atoms with E-state index in [1.165, 1.54) is 24.3 Å². The molecule has 0 saturated carbocycles. The zero-order valence-electron chi connectivity index (χ0n) is 39.6. The Bertz CT molecular complexity index is 2170. The first-order valence-electron chi connectivity index (χ1n) is 21.3. The fraction of sp³-hybridized carbons (Fsp3) is 0.468. The number of hydrogen-bond acceptors (Lipinski definition) is 12. The number of benzene rings is 2. The average molecular weight is 895 g/mol. The Hall–Kier alpha value is -5.89. The number of amides is 4. The number of fused-ring (bicyclic) bond motifs is 2. The fourth-order valence-electron chi connectivity index (χ4n) is 6.47. The van der Waals surface area contributed by atoms with E-state index in [1.54, 1.807) is 75.6 Å².